The van der Waals surface area contributed by atoms with Gasteiger partial charge < -0.3 is 15.0 Å². The molecule has 0 bridgehead atoms. The lowest BCUT2D eigenvalue weighted by Crippen LogP contribution is -2.36. The zero-order valence-corrected chi connectivity index (χ0v) is 11.8. The van der Waals surface area contributed by atoms with E-state index in [9.17, 15) is 5.11 Å². The van der Waals surface area contributed by atoms with Gasteiger partial charge in [0, 0.05) is 24.3 Å². The van der Waals surface area contributed by atoms with Crippen LogP contribution in [-0.2, 0) is 0 Å². The molecule has 4 heteroatoms. The van der Waals surface area contributed by atoms with Gasteiger partial charge in [-0.3, -0.25) is 0 Å². The molecule has 0 radical (unpaired) electrons. The Kier molecular flexibility index (Phi) is 3.89. The van der Waals surface area contributed by atoms with E-state index in [0.717, 1.165) is 25.7 Å². The summed E-state index contributed by atoms with van der Waals surface area (Å²) in [6.07, 6.45) is 11.7. The van der Waals surface area contributed by atoms with Crippen LogP contribution in [0, 0.1) is 0 Å². The summed E-state index contributed by atoms with van der Waals surface area (Å²) in [5.74, 6) is 0. The molecular formula is C15H25N3O. The van der Waals surface area contributed by atoms with E-state index < -0.39 is 0 Å². The second kappa shape index (κ2) is 5.63. The number of piperidine rings is 1. The monoisotopic (exact) mass is 263 g/mol. The fourth-order valence-corrected chi connectivity index (χ4v) is 3.60. The van der Waals surface area contributed by atoms with Crippen LogP contribution in [-0.4, -0.2) is 26.8 Å². The zero-order valence-electron chi connectivity index (χ0n) is 11.8. The van der Waals surface area contributed by atoms with E-state index in [1.54, 1.807) is 0 Å². The highest BCUT2D eigenvalue weighted by Gasteiger charge is 2.26. The van der Waals surface area contributed by atoms with Crippen molar-refractivity contribution >= 4 is 0 Å². The molecule has 1 aromatic rings. The number of hydrogen-bond acceptors (Lipinski definition) is 3. The maximum atomic E-state index is 9.64. The number of rotatable bonds is 2. The lowest BCUT2D eigenvalue weighted by molar-refractivity contribution is 0.109. The molecular weight excluding hydrogens is 238 g/mol. The maximum absolute atomic E-state index is 9.64. The summed E-state index contributed by atoms with van der Waals surface area (Å²) in [7, 11) is 0. The van der Waals surface area contributed by atoms with Crippen molar-refractivity contribution in [3.8, 4) is 0 Å². The van der Waals surface area contributed by atoms with Crippen molar-refractivity contribution in [1.82, 2.24) is 14.9 Å². The molecule has 1 saturated heterocycles. The molecule has 2 fully saturated rings. The molecule has 3 rings (SSSR count). The van der Waals surface area contributed by atoms with Gasteiger partial charge in [-0.2, -0.15) is 0 Å². The standard InChI is InChI=1S/C15H25N3O/c1-11-3-2-4-14(17-11)15-9-16-10-18(15)12-5-7-13(19)8-6-12/h9-14,17,19H,2-8H2,1H3. The van der Waals surface area contributed by atoms with Gasteiger partial charge in [-0.25, -0.2) is 4.98 Å². The van der Waals surface area contributed by atoms with Crippen LogP contribution in [0.5, 0.6) is 0 Å². The van der Waals surface area contributed by atoms with Crippen LogP contribution < -0.4 is 5.32 Å². The summed E-state index contributed by atoms with van der Waals surface area (Å²) in [5.41, 5.74) is 1.34. The summed E-state index contributed by atoms with van der Waals surface area (Å²) in [5, 5.41) is 13.3. The van der Waals surface area contributed by atoms with Gasteiger partial charge in [0.05, 0.1) is 18.1 Å². The summed E-state index contributed by atoms with van der Waals surface area (Å²) < 4.78 is 2.36. The Hall–Kier alpha value is -0.870. The normalized spacial score (nSPS) is 36.3. The molecule has 2 heterocycles. The highest BCUT2D eigenvalue weighted by atomic mass is 16.3. The summed E-state index contributed by atoms with van der Waals surface area (Å²) in [6, 6.07) is 1.59. The molecule has 0 spiro atoms. The van der Waals surface area contributed by atoms with Gasteiger partial charge in [-0.15, -0.1) is 0 Å². The molecule has 2 unspecified atom stereocenters. The van der Waals surface area contributed by atoms with Gasteiger partial charge in [-0.1, -0.05) is 0 Å². The minimum absolute atomic E-state index is 0.0870. The van der Waals surface area contributed by atoms with Crippen LogP contribution >= 0.6 is 0 Å². The van der Waals surface area contributed by atoms with Gasteiger partial charge >= 0.3 is 0 Å². The fraction of sp³-hybridized carbons (Fsp3) is 0.800. The average Bonchev–Trinajstić information content (AvgIpc) is 2.89. The Balaban J connectivity index is 1.74. The van der Waals surface area contributed by atoms with E-state index in [1.807, 2.05) is 12.5 Å². The van der Waals surface area contributed by atoms with Crippen LogP contribution in [0.3, 0.4) is 0 Å². The van der Waals surface area contributed by atoms with Crippen LogP contribution in [0.4, 0.5) is 0 Å². The molecule has 0 aromatic carbocycles. The highest BCUT2D eigenvalue weighted by molar-refractivity contribution is 5.09. The molecule has 1 aromatic heterocycles. The smallest absolute Gasteiger partial charge is 0.0951 e. The summed E-state index contributed by atoms with van der Waals surface area (Å²) in [6.45, 7) is 2.27. The van der Waals surface area contributed by atoms with Crippen molar-refractivity contribution in [3.63, 3.8) is 0 Å². The van der Waals surface area contributed by atoms with E-state index in [0.29, 0.717) is 18.1 Å². The maximum Gasteiger partial charge on any atom is 0.0951 e. The quantitative estimate of drug-likeness (QED) is 0.862. The van der Waals surface area contributed by atoms with Crippen molar-refractivity contribution in [1.29, 1.82) is 0 Å². The molecule has 2 atom stereocenters. The Morgan fingerprint density at radius 1 is 1.21 bits per heavy atom. The number of aliphatic hydroxyl groups is 1. The topological polar surface area (TPSA) is 50.1 Å². The van der Waals surface area contributed by atoms with E-state index >= 15 is 0 Å². The van der Waals surface area contributed by atoms with Crippen LogP contribution in [0.1, 0.15) is 69.6 Å². The van der Waals surface area contributed by atoms with E-state index in [4.69, 9.17) is 0 Å². The van der Waals surface area contributed by atoms with E-state index in [1.165, 1.54) is 25.0 Å². The van der Waals surface area contributed by atoms with Crippen LogP contribution in [0.25, 0.3) is 0 Å². The first-order valence-electron chi connectivity index (χ1n) is 7.70. The second-order valence-electron chi connectivity index (χ2n) is 6.24. The predicted octanol–water partition coefficient (Wildman–Crippen LogP) is 2.56. The third-order valence-corrected chi connectivity index (χ3v) is 4.73. The Morgan fingerprint density at radius 3 is 2.74 bits per heavy atom. The SMILES string of the molecule is CC1CCCC(c2cncn2C2CCC(O)CC2)N1. The second-order valence-corrected chi connectivity index (χ2v) is 6.24. The average molecular weight is 263 g/mol. The first-order valence-corrected chi connectivity index (χ1v) is 7.70. The Bertz CT molecular complexity index is 409. The molecule has 1 aliphatic heterocycles. The summed E-state index contributed by atoms with van der Waals surface area (Å²) in [4.78, 5) is 4.38. The minimum Gasteiger partial charge on any atom is -0.393 e. The molecule has 1 saturated carbocycles. The van der Waals surface area contributed by atoms with Crippen molar-refractivity contribution in [3.05, 3.63) is 18.2 Å². The first-order chi connectivity index (χ1) is 9.24. The predicted molar refractivity (Wildman–Crippen MR) is 74.9 cm³/mol. The van der Waals surface area contributed by atoms with Crippen molar-refractivity contribution in [2.24, 2.45) is 0 Å². The van der Waals surface area contributed by atoms with Crippen molar-refractivity contribution in [2.75, 3.05) is 0 Å². The van der Waals surface area contributed by atoms with Crippen molar-refractivity contribution in [2.45, 2.75) is 76.1 Å². The Morgan fingerprint density at radius 2 is 2.00 bits per heavy atom. The van der Waals surface area contributed by atoms with Gasteiger partial charge in [0.25, 0.3) is 0 Å². The number of hydrogen-bond donors (Lipinski definition) is 2. The summed E-state index contributed by atoms with van der Waals surface area (Å²) >= 11 is 0. The first kappa shape index (κ1) is 13.1. The number of nitrogens with zero attached hydrogens (tertiary/aromatic N) is 2. The molecule has 19 heavy (non-hydrogen) atoms. The van der Waals surface area contributed by atoms with Gasteiger partial charge in [0.1, 0.15) is 0 Å². The van der Waals surface area contributed by atoms with E-state index in [-0.39, 0.29) is 6.10 Å². The molecule has 2 aliphatic rings. The molecule has 4 nitrogen and oxygen atoms in total. The lowest BCUT2D eigenvalue weighted by Gasteiger charge is -2.33. The number of aromatic nitrogens is 2. The van der Waals surface area contributed by atoms with Crippen molar-refractivity contribution < 1.29 is 5.11 Å². The molecule has 106 valence electrons. The van der Waals surface area contributed by atoms with Gasteiger partial charge in [-0.05, 0) is 51.9 Å². The fourth-order valence-electron chi connectivity index (χ4n) is 3.60. The number of nitrogens with one attached hydrogen (secondary N) is 1. The number of imidazole rings is 1. The van der Waals surface area contributed by atoms with Crippen LogP contribution in [0.15, 0.2) is 12.5 Å². The van der Waals surface area contributed by atoms with Crippen LogP contribution in [0.2, 0.25) is 0 Å². The Labute approximate surface area is 115 Å². The minimum atomic E-state index is -0.0870. The largest absolute Gasteiger partial charge is 0.393 e. The highest BCUT2D eigenvalue weighted by Crippen LogP contribution is 2.33. The third kappa shape index (κ3) is 2.84. The third-order valence-electron chi connectivity index (χ3n) is 4.73. The molecule has 0 amide bonds. The zero-order chi connectivity index (χ0) is 13.2. The molecule has 1 aliphatic carbocycles. The molecule has 2 N–H and O–H groups in total. The number of aliphatic hydroxyl groups excluding tert-OH is 1. The van der Waals surface area contributed by atoms with Gasteiger partial charge in [0.15, 0.2) is 0 Å². The van der Waals surface area contributed by atoms with Gasteiger partial charge in [0.2, 0.25) is 0 Å². The lowest BCUT2D eigenvalue weighted by atomic mass is 9.92. The van der Waals surface area contributed by atoms with E-state index in [2.05, 4.69) is 21.8 Å².